The van der Waals surface area contributed by atoms with E-state index >= 15 is 0 Å². The predicted octanol–water partition coefficient (Wildman–Crippen LogP) is 4.50. The van der Waals surface area contributed by atoms with Crippen molar-refractivity contribution in [1.82, 2.24) is 0 Å². The van der Waals surface area contributed by atoms with E-state index in [1.54, 1.807) is 0 Å². The SMILES string of the molecule is CPc1cc(C)c2op(C)oc3c(PC)cc(P)cc3c2c1. The molecule has 1 aromatic heterocycles. The topological polar surface area (TPSA) is 26.3 Å². The van der Waals surface area contributed by atoms with Crippen LogP contribution in [0.2, 0.25) is 0 Å². The molecule has 6 heteroatoms. The van der Waals surface area contributed by atoms with Gasteiger partial charge in [-0.1, -0.05) is 17.2 Å². The van der Waals surface area contributed by atoms with E-state index in [1.165, 1.54) is 32.2 Å². The van der Waals surface area contributed by atoms with E-state index in [9.17, 15) is 0 Å². The van der Waals surface area contributed by atoms with Crippen molar-refractivity contribution in [1.29, 1.82) is 0 Å². The highest BCUT2D eigenvalue weighted by Crippen LogP contribution is 2.35. The van der Waals surface area contributed by atoms with E-state index in [0.717, 1.165) is 19.7 Å². The predicted molar refractivity (Wildman–Crippen MR) is 109 cm³/mol. The third-order valence-electron chi connectivity index (χ3n) is 3.67. The van der Waals surface area contributed by atoms with Gasteiger partial charge in [0.05, 0.1) is 0 Å². The Kier molecular flexibility index (Phi) is 4.97. The van der Waals surface area contributed by atoms with E-state index in [2.05, 4.69) is 53.8 Å². The number of hydrogen-bond acceptors (Lipinski definition) is 2. The molecule has 0 bridgehead atoms. The van der Waals surface area contributed by atoms with Gasteiger partial charge in [0.15, 0.2) is 0 Å². The molecular weight excluding hydrogens is 348 g/mol. The lowest BCUT2D eigenvalue weighted by molar-refractivity contribution is 0.644. The zero-order chi connectivity index (χ0) is 15.9. The molecule has 0 fully saturated rings. The van der Waals surface area contributed by atoms with Gasteiger partial charge in [0.2, 0.25) is 8.01 Å². The van der Waals surface area contributed by atoms with Gasteiger partial charge in [0.25, 0.3) is 0 Å². The van der Waals surface area contributed by atoms with Gasteiger partial charge in [-0.25, -0.2) is 0 Å². The molecule has 0 aliphatic carbocycles. The Morgan fingerprint density at radius 2 is 1.64 bits per heavy atom. The molecule has 3 aromatic rings. The molecule has 0 aliphatic rings. The molecule has 0 spiro atoms. The molecule has 1 heterocycles. The van der Waals surface area contributed by atoms with Crippen molar-refractivity contribution < 1.29 is 8.39 Å². The summed E-state index contributed by atoms with van der Waals surface area (Å²) in [6.07, 6.45) is 0. The maximum absolute atomic E-state index is 6.19. The quantitative estimate of drug-likeness (QED) is 0.623. The monoisotopic (exact) mass is 368 g/mol. The Balaban J connectivity index is 2.63. The van der Waals surface area contributed by atoms with Crippen LogP contribution < -0.4 is 15.9 Å². The van der Waals surface area contributed by atoms with Crippen LogP contribution in [0.25, 0.3) is 21.9 Å². The Morgan fingerprint density at radius 3 is 2.32 bits per heavy atom. The molecule has 22 heavy (non-hydrogen) atoms. The Hall–Kier alpha value is -0.370. The van der Waals surface area contributed by atoms with E-state index in [0.29, 0.717) is 8.58 Å². The second-order valence-electron chi connectivity index (χ2n) is 5.24. The maximum Gasteiger partial charge on any atom is 0.213 e. The first-order valence-electron chi connectivity index (χ1n) is 7.07. The molecule has 0 amide bonds. The number of rotatable bonds is 2. The van der Waals surface area contributed by atoms with Crippen LogP contribution in [-0.4, -0.2) is 13.3 Å². The lowest BCUT2D eigenvalue weighted by Gasteiger charge is -2.06. The standard InChI is InChI=1S/C16H20O2P4/c1-9-5-11(20-2)8-13-12-6-10(19)7-14(21-3)16(12)18-22(4)17-15(9)13/h5-8,20-21H,19H2,1-4H3. The van der Waals surface area contributed by atoms with Gasteiger partial charge in [-0.3, -0.25) is 0 Å². The van der Waals surface area contributed by atoms with Crippen molar-refractivity contribution in [3.8, 4) is 0 Å². The smallest absolute Gasteiger partial charge is 0.213 e. The second kappa shape index (κ2) is 6.63. The van der Waals surface area contributed by atoms with E-state index in [-0.39, 0.29) is 0 Å². The van der Waals surface area contributed by atoms with Crippen molar-refractivity contribution in [2.45, 2.75) is 6.92 Å². The summed E-state index contributed by atoms with van der Waals surface area (Å²) >= 11 is 0. The summed E-state index contributed by atoms with van der Waals surface area (Å²) in [4.78, 5) is 0. The average Bonchev–Trinajstić information content (AvgIpc) is 2.63. The normalized spacial score (nSPS) is 13.2. The molecule has 4 unspecified atom stereocenters. The van der Waals surface area contributed by atoms with E-state index < -0.39 is 8.01 Å². The molecule has 0 saturated heterocycles. The summed E-state index contributed by atoms with van der Waals surface area (Å²) in [5, 5.41) is 6.18. The minimum Gasteiger partial charge on any atom is -0.419 e. The molecule has 0 radical (unpaired) electrons. The van der Waals surface area contributed by atoms with Crippen LogP contribution >= 0.6 is 34.4 Å². The number of aryl methyl sites for hydroxylation is 2. The maximum atomic E-state index is 6.19. The van der Waals surface area contributed by atoms with Gasteiger partial charge in [-0.15, -0.1) is 9.24 Å². The van der Waals surface area contributed by atoms with Gasteiger partial charge in [-0.05, 0) is 60.7 Å². The third kappa shape index (κ3) is 3.00. The molecule has 2 aromatic carbocycles. The summed E-state index contributed by atoms with van der Waals surface area (Å²) in [6, 6.07) is 8.90. The van der Waals surface area contributed by atoms with Crippen LogP contribution in [0.5, 0.6) is 0 Å². The third-order valence-corrected chi connectivity index (χ3v) is 6.66. The lowest BCUT2D eigenvalue weighted by Crippen LogP contribution is -2.04. The van der Waals surface area contributed by atoms with Crippen LogP contribution in [0.4, 0.5) is 0 Å². The fraction of sp³-hybridized carbons (Fsp3) is 0.250. The summed E-state index contributed by atoms with van der Waals surface area (Å²) in [5.41, 5.74) is 3.19. The van der Waals surface area contributed by atoms with Gasteiger partial charge >= 0.3 is 0 Å². The molecule has 3 rings (SSSR count). The second-order valence-corrected chi connectivity index (χ2v) is 9.26. The van der Waals surface area contributed by atoms with E-state index in [1.807, 2.05) is 6.66 Å². The largest absolute Gasteiger partial charge is 0.419 e. The van der Waals surface area contributed by atoms with Crippen molar-refractivity contribution in [2.75, 3.05) is 13.3 Å². The van der Waals surface area contributed by atoms with Crippen molar-refractivity contribution in [3.63, 3.8) is 0 Å². The highest BCUT2D eigenvalue weighted by atomic mass is 31.1. The van der Waals surface area contributed by atoms with Gasteiger partial charge in [-0.2, -0.15) is 0 Å². The first-order chi connectivity index (χ1) is 10.5. The van der Waals surface area contributed by atoms with Crippen molar-refractivity contribution >= 4 is 72.3 Å². The molecule has 0 aliphatic heterocycles. The molecular formula is C16H20O2P4. The Morgan fingerprint density at radius 1 is 0.955 bits per heavy atom. The van der Waals surface area contributed by atoms with Crippen molar-refractivity contribution in [2.24, 2.45) is 6.66 Å². The average molecular weight is 368 g/mol. The molecule has 0 saturated carbocycles. The van der Waals surface area contributed by atoms with Crippen LogP contribution in [0.1, 0.15) is 5.56 Å². The fourth-order valence-electron chi connectivity index (χ4n) is 2.65. The summed E-state index contributed by atoms with van der Waals surface area (Å²) in [6.45, 7) is 8.57. The minimum atomic E-state index is -0.953. The highest BCUT2D eigenvalue weighted by molar-refractivity contribution is 7.47. The molecule has 4 atom stereocenters. The zero-order valence-electron chi connectivity index (χ0n) is 13.2. The van der Waals surface area contributed by atoms with Crippen LogP contribution in [0, 0.1) is 6.92 Å². The van der Waals surface area contributed by atoms with Gasteiger partial charge < -0.3 is 8.39 Å². The molecule has 116 valence electrons. The van der Waals surface area contributed by atoms with Crippen LogP contribution in [0.15, 0.2) is 32.7 Å². The van der Waals surface area contributed by atoms with E-state index in [4.69, 9.17) is 8.39 Å². The Labute approximate surface area is 137 Å². The fourth-order valence-corrected chi connectivity index (χ4v) is 5.60. The Bertz CT molecular complexity index is 900. The van der Waals surface area contributed by atoms with Gasteiger partial charge in [0.1, 0.15) is 11.2 Å². The van der Waals surface area contributed by atoms with Gasteiger partial charge in [0, 0.05) is 22.7 Å². The summed E-state index contributed by atoms with van der Waals surface area (Å²) in [5.74, 6) is 0. The molecule has 0 N–H and O–H groups in total. The first kappa shape index (κ1) is 16.5. The number of fused-ring (bicyclic) bond motifs is 3. The van der Waals surface area contributed by atoms with Crippen LogP contribution in [0.3, 0.4) is 0 Å². The minimum absolute atomic E-state index is 0.702. The number of benzene rings is 2. The molecule has 2 nitrogen and oxygen atoms in total. The van der Waals surface area contributed by atoms with Crippen LogP contribution in [-0.2, 0) is 6.66 Å². The first-order valence-corrected chi connectivity index (χ1v) is 12.3. The van der Waals surface area contributed by atoms with Crippen molar-refractivity contribution in [3.05, 3.63) is 29.8 Å². The lowest BCUT2D eigenvalue weighted by atomic mass is 10.1. The number of hydrogen-bond donors (Lipinski definition) is 0. The summed E-state index contributed by atoms with van der Waals surface area (Å²) < 4.78 is 12.3. The zero-order valence-corrected chi connectivity index (χ0v) is 17.2. The highest BCUT2D eigenvalue weighted by Gasteiger charge is 2.11. The summed E-state index contributed by atoms with van der Waals surface area (Å²) in [7, 11) is 3.34.